The van der Waals surface area contributed by atoms with Crippen LogP contribution in [0.25, 0.3) is 0 Å². The van der Waals surface area contributed by atoms with Crippen molar-refractivity contribution >= 4 is 17.5 Å². The lowest BCUT2D eigenvalue weighted by atomic mass is 10.1. The van der Waals surface area contributed by atoms with E-state index in [1.54, 1.807) is 0 Å². The summed E-state index contributed by atoms with van der Waals surface area (Å²) >= 11 is 1.89. The summed E-state index contributed by atoms with van der Waals surface area (Å²) in [7, 11) is 0. The molecule has 0 bridgehead atoms. The fourth-order valence-corrected chi connectivity index (χ4v) is 1.86. The first-order chi connectivity index (χ1) is 4.74. The van der Waals surface area contributed by atoms with Gasteiger partial charge in [0.15, 0.2) is 0 Å². The molecule has 0 spiro atoms. The van der Waals surface area contributed by atoms with E-state index in [0.29, 0.717) is 6.04 Å². The van der Waals surface area contributed by atoms with E-state index in [9.17, 15) is 0 Å². The van der Waals surface area contributed by atoms with Crippen LogP contribution in [0.15, 0.2) is 0 Å². The molecule has 0 aromatic carbocycles. The molecule has 2 nitrogen and oxygen atoms in total. The molecule has 0 aromatic heterocycles. The summed E-state index contributed by atoms with van der Waals surface area (Å²) in [5, 5.41) is 11.4. The molecule has 1 rings (SSSR count). The maximum absolute atomic E-state index is 7.38. The van der Waals surface area contributed by atoms with Gasteiger partial charge in [0.05, 0.1) is 0 Å². The molecule has 2 N–H and O–H groups in total. The van der Waals surface area contributed by atoms with Crippen molar-refractivity contribution in [2.75, 3.05) is 12.8 Å². The Morgan fingerprint density at radius 1 is 1.70 bits per heavy atom. The third-order valence-electron chi connectivity index (χ3n) is 1.95. The van der Waals surface area contributed by atoms with E-state index in [1.807, 2.05) is 18.7 Å². The van der Waals surface area contributed by atoms with E-state index in [0.717, 1.165) is 23.9 Å². The highest BCUT2D eigenvalue weighted by molar-refractivity contribution is 7.99. The minimum absolute atomic E-state index is 0.359. The first-order valence-electron chi connectivity index (χ1n) is 3.55. The molecule has 10 heavy (non-hydrogen) atoms. The van der Waals surface area contributed by atoms with Gasteiger partial charge in [0.1, 0.15) is 0 Å². The molecule has 2 atom stereocenters. The normalized spacial score (nSPS) is 32.6. The van der Waals surface area contributed by atoms with Crippen LogP contribution < -0.4 is 5.32 Å². The van der Waals surface area contributed by atoms with Crippen molar-refractivity contribution in [3.8, 4) is 0 Å². The first-order valence-corrected chi connectivity index (χ1v) is 4.84. The number of hydrogen-bond donors (Lipinski definition) is 2. The number of hydrogen-bond acceptors (Lipinski definition) is 3. The average molecular weight is 158 g/mol. The minimum Gasteiger partial charge on any atom is -0.308 e. The van der Waals surface area contributed by atoms with Crippen molar-refractivity contribution < 1.29 is 0 Å². The van der Waals surface area contributed by atoms with E-state index in [4.69, 9.17) is 5.41 Å². The maximum atomic E-state index is 7.38. The first kappa shape index (κ1) is 8.08. The molecule has 1 fully saturated rings. The molecule has 1 heterocycles. The van der Waals surface area contributed by atoms with Gasteiger partial charge in [-0.3, -0.25) is 0 Å². The largest absolute Gasteiger partial charge is 0.308 e. The third kappa shape index (κ3) is 1.73. The molecular weight excluding hydrogens is 144 g/mol. The van der Waals surface area contributed by atoms with Gasteiger partial charge in [0, 0.05) is 23.5 Å². The number of rotatable bonds is 2. The summed E-state index contributed by atoms with van der Waals surface area (Å²) in [6.07, 6.45) is 3.27. The average Bonchev–Trinajstić information content (AvgIpc) is 2.34. The molecule has 1 unspecified atom stereocenters. The van der Waals surface area contributed by atoms with Crippen molar-refractivity contribution in [2.45, 2.75) is 24.6 Å². The van der Waals surface area contributed by atoms with Gasteiger partial charge in [0.2, 0.25) is 0 Å². The molecule has 58 valence electrons. The van der Waals surface area contributed by atoms with Crippen LogP contribution in [0.4, 0.5) is 0 Å². The Balaban J connectivity index is 2.35. The zero-order valence-corrected chi connectivity index (χ0v) is 7.29. The summed E-state index contributed by atoms with van der Waals surface area (Å²) in [6, 6.07) is 0.359. The molecule has 0 aromatic rings. The summed E-state index contributed by atoms with van der Waals surface area (Å²) in [6.45, 7) is 2.95. The lowest BCUT2D eigenvalue weighted by Gasteiger charge is -2.06. The van der Waals surface area contributed by atoms with Crippen LogP contribution in [0, 0.1) is 5.41 Å². The molecule has 1 saturated heterocycles. The lowest BCUT2D eigenvalue weighted by Crippen LogP contribution is -2.27. The Bertz CT molecular complexity index is 136. The van der Waals surface area contributed by atoms with Crippen LogP contribution in [0.2, 0.25) is 0 Å². The van der Waals surface area contributed by atoms with E-state index in [2.05, 4.69) is 11.6 Å². The molecule has 0 aliphatic carbocycles. The second kappa shape index (κ2) is 3.39. The zero-order chi connectivity index (χ0) is 7.56. The van der Waals surface area contributed by atoms with Crippen LogP contribution in [-0.4, -0.2) is 29.8 Å². The topological polar surface area (TPSA) is 35.9 Å². The Labute approximate surface area is 66.3 Å². The van der Waals surface area contributed by atoms with Gasteiger partial charge in [-0.25, -0.2) is 0 Å². The fourth-order valence-electron chi connectivity index (χ4n) is 1.21. The third-order valence-corrected chi connectivity index (χ3v) is 2.97. The highest BCUT2D eigenvalue weighted by Crippen LogP contribution is 2.18. The Morgan fingerprint density at radius 3 is 2.70 bits per heavy atom. The van der Waals surface area contributed by atoms with Crippen LogP contribution >= 0.6 is 11.8 Å². The molecule has 1 aliphatic heterocycles. The zero-order valence-electron chi connectivity index (χ0n) is 6.48. The molecule has 0 saturated carbocycles. The van der Waals surface area contributed by atoms with Crippen molar-refractivity contribution in [3.63, 3.8) is 0 Å². The standard InChI is InChI=1S/C7H14N2S/c1-5(8)7-3-6(10-2)4-9-7/h6-9H,3-4H2,1-2H3/t6-,7?/m1/s1. The van der Waals surface area contributed by atoms with Crippen LogP contribution in [0.1, 0.15) is 13.3 Å². The van der Waals surface area contributed by atoms with Crippen molar-refractivity contribution in [1.29, 1.82) is 5.41 Å². The quantitative estimate of drug-likeness (QED) is 0.591. The van der Waals surface area contributed by atoms with Gasteiger partial charge in [-0.15, -0.1) is 0 Å². The molecule has 3 heteroatoms. The van der Waals surface area contributed by atoms with Crippen molar-refractivity contribution in [1.82, 2.24) is 5.32 Å². The number of nitrogens with one attached hydrogen (secondary N) is 2. The van der Waals surface area contributed by atoms with Crippen molar-refractivity contribution in [2.24, 2.45) is 0 Å². The Kier molecular flexibility index (Phi) is 2.74. The molecule has 1 aliphatic rings. The molecule has 0 radical (unpaired) electrons. The lowest BCUT2D eigenvalue weighted by molar-refractivity contribution is 0.755. The van der Waals surface area contributed by atoms with Gasteiger partial charge >= 0.3 is 0 Å². The van der Waals surface area contributed by atoms with E-state index < -0.39 is 0 Å². The molecular formula is C7H14N2S. The van der Waals surface area contributed by atoms with Crippen molar-refractivity contribution in [3.05, 3.63) is 0 Å². The summed E-state index contributed by atoms with van der Waals surface area (Å²) in [5.41, 5.74) is 0.775. The van der Waals surface area contributed by atoms with E-state index in [-0.39, 0.29) is 0 Å². The predicted octanol–water partition coefficient (Wildman–Crippen LogP) is 1.12. The summed E-state index contributed by atoms with van der Waals surface area (Å²) in [4.78, 5) is 0. The SMILES string of the molecule is CS[C@H]1CNC(C(C)=N)C1. The minimum atomic E-state index is 0.359. The van der Waals surface area contributed by atoms with Gasteiger partial charge in [0.25, 0.3) is 0 Å². The van der Waals surface area contributed by atoms with Crippen LogP contribution in [-0.2, 0) is 0 Å². The Hall–Kier alpha value is -0.0200. The highest BCUT2D eigenvalue weighted by atomic mass is 32.2. The summed E-state index contributed by atoms with van der Waals surface area (Å²) in [5.74, 6) is 0. The second-order valence-electron chi connectivity index (χ2n) is 2.74. The smallest absolute Gasteiger partial charge is 0.0456 e. The second-order valence-corrected chi connectivity index (χ2v) is 3.88. The van der Waals surface area contributed by atoms with Gasteiger partial charge in [-0.05, 0) is 19.6 Å². The Morgan fingerprint density at radius 2 is 2.40 bits per heavy atom. The van der Waals surface area contributed by atoms with E-state index >= 15 is 0 Å². The van der Waals surface area contributed by atoms with Gasteiger partial charge in [-0.1, -0.05) is 0 Å². The monoisotopic (exact) mass is 158 g/mol. The summed E-state index contributed by atoms with van der Waals surface area (Å²) < 4.78 is 0. The van der Waals surface area contributed by atoms with Gasteiger partial charge < -0.3 is 10.7 Å². The maximum Gasteiger partial charge on any atom is 0.0456 e. The fraction of sp³-hybridized carbons (Fsp3) is 0.857. The van der Waals surface area contributed by atoms with Crippen LogP contribution in [0.5, 0.6) is 0 Å². The highest BCUT2D eigenvalue weighted by Gasteiger charge is 2.23. The molecule has 0 amide bonds. The van der Waals surface area contributed by atoms with E-state index in [1.165, 1.54) is 0 Å². The number of thioether (sulfide) groups is 1. The predicted molar refractivity (Wildman–Crippen MR) is 47.1 cm³/mol. The van der Waals surface area contributed by atoms with Crippen LogP contribution in [0.3, 0.4) is 0 Å². The van der Waals surface area contributed by atoms with Gasteiger partial charge in [-0.2, -0.15) is 11.8 Å².